The maximum absolute atomic E-state index is 12.2. The summed E-state index contributed by atoms with van der Waals surface area (Å²) in [4.78, 5) is 12.2. The van der Waals surface area contributed by atoms with Gasteiger partial charge >= 0.3 is 5.97 Å². The molecular formula is C32H54O2. The second-order valence-corrected chi connectivity index (χ2v) is 13.9. The van der Waals surface area contributed by atoms with Crippen LogP contribution in [0.4, 0.5) is 0 Å². The molecule has 0 heterocycles. The molecule has 2 nitrogen and oxygen atoms in total. The number of carbonyl (C=O) groups excluding carboxylic acids is 1. The number of ether oxygens (including phenoxy) is 1. The van der Waals surface area contributed by atoms with E-state index in [-0.39, 0.29) is 18.0 Å². The summed E-state index contributed by atoms with van der Waals surface area (Å²) in [6.45, 7) is 16.4. The van der Waals surface area contributed by atoms with Gasteiger partial charge in [0, 0.05) is 6.42 Å². The number of hydrogen-bond acceptors (Lipinski definition) is 2. The first kappa shape index (κ1) is 26.3. The minimum absolute atomic E-state index is 0.0213. The average molecular weight is 471 g/mol. The molecule has 2 heteroatoms. The smallest absolute Gasteiger partial charge is 0.308 e. The van der Waals surface area contributed by atoms with Crippen molar-refractivity contribution in [2.24, 2.45) is 52.3 Å². The van der Waals surface area contributed by atoms with Gasteiger partial charge < -0.3 is 4.74 Å². The van der Waals surface area contributed by atoms with Gasteiger partial charge in [0.2, 0.25) is 0 Å². The Balaban J connectivity index is 1.41. The molecule has 0 bridgehead atoms. The second-order valence-electron chi connectivity index (χ2n) is 13.9. The Morgan fingerprint density at radius 2 is 1.82 bits per heavy atom. The highest BCUT2D eigenvalue weighted by Crippen LogP contribution is 2.66. The van der Waals surface area contributed by atoms with Crippen molar-refractivity contribution < 1.29 is 9.53 Å². The molecule has 4 aliphatic rings. The molecule has 0 spiro atoms. The van der Waals surface area contributed by atoms with Gasteiger partial charge in [0.15, 0.2) is 0 Å². The Bertz CT molecular complexity index is 750. The molecule has 0 aromatic heterocycles. The highest BCUT2D eigenvalue weighted by molar-refractivity contribution is 5.71. The maximum Gasteiger partial charge on any atom is 0.308 e. The molecule has 3 saturated carbocycles. The lowest BCUT2D eigenvalue weighted by Gasteiger charge is -2.58. The van der Waals surface area contributed by atoms with Gasteiger partial charge in [-0.2, -0.15) is 0 Å². The number of fused-ring (bicyclic) bond motifs is 5. The summed E-state index contributed by atoms with van der Waals surface area (Å²) in [5, 5.41) is 0. The second kappa shape index (κ2) is 10.3. The average Bonchev–Trinajstić information content (AvgIpc) is 3.13. The number of hydrogen-bond donors (Lipinski definition) is 0. The third-order valence-electron chi connectivity index (χ3n) is 11.6. The summed E-state index contributed by atoms with van der Waals surface area (Å²) >= 11 is 0. The molecule has 0 aliphatic heterocycles. The molecule has 3 fully saturated rings. The van der Waals surface area contributed by atoms with Crippen LogP contribution in [0, 0.1) is 52.3 Å². The normalized spacial score (nSPS) is 40.4. The summed E-state index contributed by atoms with van der Waals surface area (Å²) in [6.07, 6.45) is 18.7. The van der Waals surface area contributed by atoms with E-state index < -0.39 is 0 Å². The quantitative estimate of drug-likeness (QED) is 0.261. The molecule has 34 heavy (non-hydrogen) atoms. The van der Waals surface area contributed by atoms with E-state index in [9.17, 15) is 4.79 Å². The van der Waals surface area contributed by atoms with Gasteiger partial charge in [-0.25, -0.2) is 0 Å². The zero-order valence-corrected chi connectivity index (χ0v) is 23.5. The zero-order valence-electron chi connectivity index (χ0n) is 23.5. The SMILES string of the molecule is CCC(CCCC1CCC2C3CC=C4CC(OC(=O)C(C)C)CC[C@]4(C)C3CCC12C)C(C)C. The van der Waals surface area contributed by atoms with Crippen molar-refractivity contribution in [3.05, 3.63) is 11.6 Å². The van der Waals surface area contributed by atoms with Crippen molar-refractivity contribution in [3.8, 4) is 0 Å². The van der Waals surface area contributed by atoms with Gasteiger partial charge in [0.1, 0.15) is 6.10 Å². The number of esters is 1. The molecule has 0 N–H and O–H groups in total. The van der Waals surface area contributed by atoms with E-state index in [1.165, 1.54) is 64.2 Å². The van der Waals surface area contributed by atoms with Crippen LogP contribution in [0.1, 0.15) is 126 Å². The molecule has 194 valence electrons. The first-order valence-corrected chi connectivity index (χ1v) is 15.0. The predicted octanol–water partition coefficient (Wildman–Crippen LogP) is 8.99. The highest BCUT2D eigenvalue weighted by atomic mass is 16.5. The number of allylic oxidation sites excluding steroid dienone is 1. The summed E-state index contributed by atoms with van der Waals surface area (Å²) in [5.74, 6) is 5.30. The van der Waals surface area contributed by atoms with Crippen LogP contribution in [0.25, 0.3) is 0 Å². The maximum atomic E-state index is 12.2. The van der Waals surface area contributed by atoms with Crippen LogP contribution in [0.5, 0.6) is 0 Å². The van der Waals surface area contributed by atoms with E-state index in [0.29, 0.717) is 10.8 Å². The summed E-state index contributed by atoms with van der Waals surface area (Å²) < 4.78 is 5.88. The minimum Gasteiger partial charge on any atom is -0.462 e. The third-order valence-corrected chi connectivity index (χ3v) is 11.6. The summed E-state index contributed by atoms with van der Waals surface area (Å²) in [6, 6.07) is 0. The van der Waals surface area contributed by atoms with Crippen molar-refractivity contribution >= 4 is 5.97 Å². The molecule has 7 unspecified atom stereocenters. The minimum atomic E-state index is -0.0254. The van der Waals surface area contributed by atoms with Crippen molar-refractivity contribution in [2.45, 2.75) is 132 Å². The predicted molar refractivity (Wildman–Crippen MR) is 142 cm³/mol. The van der Waals surface area contributed by atoms with E-state index in [1.54, 1.807) is 5.57 Å². The van der Waals surface area contributed by atoms with Crippen molar-refractivity contribution in [3.63, 3.8) is 0 Å². The van der Waals surface area contributed by atoms with Gasteiger partial charge in [-0.05, 0) is 97.7 Å². The van der Waals surface area contributed by atoms with Crippen LogP contribution >= 0.6 is 0 Å². The fourth-order valence-electron chi connectivity index (χ4n) is 9.25. The van der Waals surface area contributed by atoms with Crippen LogP contribution in [0.15, 0.2) is 11.6 Å². The first-order chi connectivity index (χ1) is 16.1. The van der Waals surface area contributed by atoms with E-state index in [2.05, 4.69) is 40.7 Å². The molecule has 0 saturated heterocycles. The Hall–Kier alpha value is -0.790. The largest absolute Gasteiger partial charge is 0.462 e. The van der Waals surface area contributed by atoms with Gasteiger partial charge in [0.05, 0.1) is 5.92 Å². The third kappa shape index (κ3) is 4.78. The van der Waals surface area contributed by atoms with Crippen LogP contribution < -0.4 is 0 Å². The van der Waals surface area contributed by atoms with Crippen LogP contribution in [0.3, 0.4) is 0 Å². The van der Waals surface area contributed by atoms with Crippen molar-refractivity contribution in [1.29, 1.82) is 0 Å². The topological polar surface area (TPSA) is 26.3 Å². The van der Waals surface area contributed by atoms with Gasteiger partial charge in [0.25, 0.3) is 0 Å². The van der Waals surface area contributed by atoms with Crippen LogP contribution in [0.2, 0.25) is 0 Å². The Labute approximate surface area is 211 Å². The fraction of sp³-hybridized carbons (Fsp3) is 0.906. The monoisotopic (exact) mass is 470 g/mol. The summed E-state index contributed by atoms with van der Waals surface area (Å²) in [5.41, 5.74) is 2.54. The fourth-order valence-corrected chi connectivity index (χ4v) is 9.25. The first-order valence-electron chi connectivity index (χ1n) is 15.0. The van der Waals surface area contributed by atoms with Crippen LogP contribution in [-0.4, -0.2) is 12.1 Å². The van der Waals surface area contributed by atoms with Gasteiger partial charge in [-0.1, -0.05) is 79.4 Å². The molecule has 4 rings (SSSR count). The molecular weight excluding hydrogens is 416 g/mol. The number of carbonyl (C=O) groups is 1. The number of rotatable bonds is 8. The molecule has 0 aromatic carbocycles. The lowest BCUT2D eigenvalue weighted by atomic mass is 9.47. The standard InChI is InChI=1S/C32H54O2/c1-8-23(21(2)3)10-9-11-24-13-15-28-27-14-12-25-20-26(34-30(33)22(4)5)16-18-32(25,7)29(27)17-19-31(24,28)6/h12,21-24,26-29H,8-11,13-20H2,1-7H3/t23?,24?,26?,27?,28?,29?,31?,32-/m0/s1. The Morgan fingerprint density at radius 3 is 2.50 bits per heavy atom. The molecule has 4 aliphatic carbocycles. The van der Waals surface area contributed by atoms with Crippen LogP contribution in [-0.2, 0) is 9.53 Å². The molecule has 0 radical (unpaired) electrons. The molecule has 0 aromatic rings. The van der Waals surface area contributed by atoms with E-state index in [1.807, 2.05) is 13.8 Å². The lowest BCUT2D eigenvalue weighted by Crippen LogP contribution is -2.50. The van der Waals surface area contributed by atoms with Crippen molar-refractivity contribution in [2.75, 3.05) is 0 Å². The molecule has 0 amide bonds. The highest BCUT2D eigenvalue weighted by Gasteiger charge is 2.58. The van der Waals surface area contributed by atoms with Crippen molar-refractivity contribution in [1.82, 2.24) is 0 Å². The van der Waals surface area contributed by atoms with E-state index in [0.717, 1.165) is 48.3 Å². The zero-order chi connectivity index (χ0) is 24.7. The Morgan fingerprint density at radius 1 is 1.06 bits per heavy atom. The summed E-state index contributed by atoms with van der Waals surface area (Å²) in [7, 11) is 0. The van der Waals surface area contributed by atoms with Gasteiger partial charge in [-0.15, -0.1) is 0 Å². The van der Waals surface area contributed by atoms with Gasteiger partial charge in [-0.3, -0.25) is 4.79 Å². The molecule has 8 atom stereocenters. The lowest BCUT2D eigenvalue weighted by molar-refractivity contribution is -0.155. The van der Waals surface area contributed by atoms with E-state index >= 15 is 0 Å². The van der Waals surface area contributed by atoms with E-state index in [4.69, 9.17) is 4.74 Å². The Kier molecular flexibility index (Phi) is 7.96.